The maximum Gasteiger partial charge on any atom is 0.417 e. The molecule has 10 heteroatoms. The van der Waals surface area contributed by atoms with Gasteiger partial charge in [-0.2, -0.15) is 13.2 Å². The smallest absolute Gasteiger partial charge is 0.417 e. The molecule has 1 aromatic carbocycles. The van der Waals surface area contributed by atoms with Crippen LogP contribution in [-0.2, 0) is 22.1 Å². The van der Waals surface area contributed by atoms with Gasteiger partial charge >= 0.3 is 12.1 Å². The number of imidazole rings is 1. The number of nitrogens with one attached hydrogen (secondary N) is 1. The van der Waals surface area contributed by atoms with E-state index in [0.29, 0.717) is 11.4 Å². The summed E-state index contributed by atoms with van der Waals surface area (Å²) < 4.78 is 45.5. The molecule has 144 valence electrons. The first-order valence-corrected chi connectivity index (χ1v) is 8.47. The van der Waals surface area contributed by atoms with Crippen LogP contribution in [0.1, 0.15) is 30.3 Å². The van der Waals surface area contributed by atoms with Crippen LogP contribution < -0.4 is 5.56 Å². The molecule has 27 heavy (non-hydrogen) atoms. The second kappa shape index (κ2) is 6.88. The van der Waals surface area contributed by atoms with Crippen LogP contribution in [-0.4, -0.2) is 26.9 Å². The van der Waals surface area contributed by atoms with E-state index in [2.05, 4.69) is 9.97 Å². The lowest BCUT2D eigenvalue weighted by molar-refractivity contribution is -0.143. The Balaban J connectivity index is 2.17. The van der Waals surface area contributed by atoms with Gasteiger partial charge in [0.25, 0.3) is 5.56 Å². The molecule has 3 rings (SSSR count). The number of H-pyrrole nitrogens is 1. The largest absolute Gasteiger partial charge is 0.466 e. The Hall–Kier alpha value is -2.55. The number of carbonyl (C=O) groups excluding carboxylic acids is 1. The number of halogens is 4. The minimum Gasteiger partial charge on any atom is -0.466 e. The predicted molar refractivity (Wildman–Crippen MR) is 93.0 cm³/mol. The van der Waals surface area contributed by atoms with Crippen LogP contribution >= 0.6 is 11.6 Å². The molecule has 2 heterocycles. The zero-order valence-electron chi connectivity index (χ0n) is 14.4. The van der Waals surface area contributed by atoms with Crippen molar-refractivity contribution in [1.82, 2.24) is 14.4 Å². The molecule has 0 bridgehead atoms. The third-order valence-electron chi connectivity index (χ3n) is 4.16. The number of nitrogens with zero attached hydrogens (tertiary/aromatic N) is 2. The third-order valence-corrected chi connectivity index (χ3v) is 4.47. The van der Waals surface area contributed by atoms with Crippen molar-refractivity contribution in [2.24, 2.45) is 0 Å². The average Bonchev–Trinajstić information content (AvgIpc) is 2.90. The van der Waals surface area contributed by atoms with Crippen molar-refractivity contribution in [3.8, 4) is 0 Å². The van der Waals surface area contributed by atoms with Gasteiger partial charge in [0, 0.05) is 12.1 Å². The van der Waals surface area contributed by atoms with Crippen molar-refractivity contribution >= 4 is 34.3 Å². The van der Waals surface area contributed by atoms with Crippen LogP contribution in [0.5, 0.6) is 0 Å². The zero-order valence-corrected chi connectivity index (χ0v) is 15.2. The van der Waals surface area contributed by atoms with Gasteiger partial charge in [0.1, 0.15) is 0 Å². The van der Waals surface area contributed by atoms with E-state index in [1.807, 2.05) is 0 Å². The fourth-order valence-corrected chi connectivity index (χ4v) is 3.19. The Morgan fingerprint density at radius 1 is 1.37 bits per heavy atom. The first kappa shape index (κ1) is 19.2. The maximum absolute atomic E-state index is 13.1. The van der Waals surface area contributed by atoms with Gasteiger partial charge in [-0.1, -0.05) is 11.6 Å². The van der Waals surface area contributed by atoms with Crippen LogP contribution in [0.3, 0.4) is 0 Å². The van der Waals surface area contributed by atoms with E-state index in [4.69, 9.17) is 16.3 Å². The number of hydrogen-bond donors (Lipinski definition) is 1. The van der Waals surface area contributed by atoms with Gasteiger partial charge in [0.2, 0.25) is 5.65 Å². The van der Waals surface area contributed by atoms with Crippen molar-refractivity contribution in [2.75, 3.05) is 6.61 Å². The van der Waals surface area contributed by atoms with Gasteiger partial charge in [0.15, 0.2) is 0 Å². The molecule has 0 radical (unpaired) electrons. The normalized spacial score (nSPS) is 12.1. The molecule has 0 spiro atoms. The van der Waals surface area contributed by atoms with E-state index in [-0.39, 0.29) is 36.1 Å². The van der Waals surface area contributed by atoms with Crippen molar-refractivity contribution in [3.05, 3.63) is 44.5 Å². The Morgan fingerprint density at radius 2 is 2.07 bits per heavy atom. The molecule has 0 amide bonds. The van der Waals surface area contributed by atoms with Crippen LogP contribution in [0.2, 0.25) is 5.02 Å². The number of aryl methyl sites for hydroxylation is 2. The molecular formula is C17H15ClF3N3O3. The lowest BCUT2D eigenvalue weighted by atomic mass is 10.1. The first-order chi connectivity index (χ1) is 12.6. The zero-order chi connectivity index (χ0) is 19.9. The second-order valence-electron chi connectivity index (χ2n) is 5.91. The fraction of sp³-hybridized carbons (Fsp3) is 0.353. The van der Waals surface area contributed by atoms with Gasteiger partial charge in [-0.25, -0.2) is 4.98 Å². The minimum atomic E-state index is -4.65. The quantitative estimate of drug-likeness (QED) is 0.677. The van der Waals surface area contributed by atoms with Gasteiger partial charge in [-0.15, -0.1) is 0 Å². The Bertz CT molecular complexity index is 1100. The highest BCUT2D eigenvalue weighted by Gasteiger charge is 2.34. The number of esters is 1. The van der Waals surface area contributed by atoms with E-state index < -0.39 is 28.3 Å². The molecule has 0 saturated carbocycles. The third kappa shape index (κ3) is 3.51. The van der Waals surface area contributed by atoms with E-state index >= 15 is 0 Å². The number of carbonyl (C=O) groups is 1. The Kier molecular flexibility index (Phi) is 4.90. The highest BCUT2D eigenvalue weighted by Crippen LogP contribution is 2.36. The summed E-state index contributed by atoms with van der Waals surface area (Å²) >= 11 is 5.82. The molecular weight excluding hydrogens is 387 g/mol. The van der Waals surface area contributed by atoms with Gasteiger partial charge in [0.05, 0.1) is 40.3 Å². The highest BCUT2D eigenvalue weighted by molar-refractivity contribution is 6.32. The molecule has 6 nitrogen and oxygen atoms in total. The molecule has 0 fully saturated rings. The standard InChI is InChI=1S/C17H15ClF3N3O3/c1-3-27-14(25)5-4-11-8(2)24-13-7-10(18)9(17(19,20)21)6-12(13)23-16(26)15(24)22-11/h6-7H,3-5H2,1-2H3,(H,23,26). The van der Waals surface area contributed by atoms with Crippen molar-refractivity contribution in [2.45, 2.75) is 32.9 Å². The fourth-order valence-electron chi connectivity index (χ4n) is 2.93. The molecule has 3 aromatic rings. The summed E-state index contributed by atoms with van der Waals surface area (Å²) in [5.41, 5.74) is -0.347. The summed E-state index contributed by atoms with van der Waals surface area (Å²) in [6.45, 7) is 3.62. The number of aromatic nitrogens is 3. The van der Waals surface area contributed by atoms with Crippen LogP contribution in [0.15, 0.2) is 16.9 Å². The van der Waals surface area contributed by atoms with E-state index in [1.165, 1.54) is 4.40 Å². The number of fused-ring (bicyclic) bond motifs is 3. The summed E-state index contributed by atoms with van der Waals surface area (Å²) in [7, 11) is 0. The van der Waals surface area contributed by atoms with Gasteiger partial charge in [-0.05, 0) is 26.0 Å². The van der Waals surface area contributed by atoms with Crippen LogP contribution in [0.25, 0.3) is 16.7 Å². The molecule has 0 aliphatic rings. The monoisotopic (exact) mass is 401 g/mol. The number of hydrogen-bond acceptors (Lipinski definition) is 4. The maximum atomic E-state index is 13.1. The van der Waals surface area contributed by atoms with Crippen molar-refractivity contribution < 1.29 is 22.7 Å². The summed E-state index contributed by atoms with van der Waals surface area (Å²) in [6.07, 6.45) is -4.33. The molecule has 0 unspecified atom stereocenters. The van der Waals surface area contributed by atoms with Crippen molar-refractivity contribution in [1.29, 1.82) is 0 Å². The van der Waals surface area contributed by atoms with Crippen LogP contribution in [0, 0.1) is 6.92 Å². The first-order valence-electron chi connectivity index (χ1n) is 8.09. The number of benzene rings is 1. The van der Waals surface area contributed by atoms with Gasteiger partial charge < -0.3 is 9.72 Å². The Labute approximate surface area is 155 Å². The number of aromatic amines is 1. The lowest BCUT2D eigenvalue weighted by Gasteiger charge is -2.11. The topological polar surface area (TPSA) is 76.5 Å². The van der Waals surface area contributed by atoms with E-state index in [0.717, 1.165) is 12.1 Å². The van der Waals surface area contributed by atoms with Crippen molar-refractivity contribution in [3.63, 3.8) is 0 Å². The predicted octanol–water partition coefficient (Wildman–Crippen LogP) is 3.65. The number of rotatable bonds is 4. The molecule has 0 aliphatic carbocycles. The molecule has 0 saturated heterocycles. The minimum absolute atomic E-state index is 0.0123. The van der Waals surface area contributed by atoms with Crippen LogP contribution in [0.4, 0.5) is 13.2 Å². The Morgan fingerprint density at radius 3 is 2.70 bits per heavy atom. The SMILES string of the molecule is CCOC(=O)CCc1nc2c(=O)[nH]c3cc(C(F)(F)F)c(Cl)cc3n2c1C. The molecule has 1 N–H and O–H groups in total. The summed E-state index contributed by atoms with van der Waals surface area (Å²) in [4.78, 5) is 30.5. The number of alkyl halides is 3. The highest BCUT2D eigenvalue weighted by atomic mass is 35.5. The molecule has 0 atom stereocenters. The summed E-state index contributed by atoms with van der Waals surface area (Å²) in [5, 5.41) is -0.482. The summed E-state index contributed by atoms with van der Waals surface area (Å²) in [5.74, 6) is -0.398. The van der Waals surface area contributed by atoms with E-state index in [1.54, 1.807) is 13.8 Å². The second-order valence-corrected chi connectivity index (χ2v) is 6.32. The molecule has 2 aromatic heterocycles. The van der Waals surface area contributed by atoms with Gasteiger partial charge in [-0.3, -0.25) is 14.0 Å². The summed E-state index contributed by atoms with van der Waals surface area (Å²) in [6, 6.07) is 1.95. The lowest BCUT2D eigenvalue weighted by Crippen LogP contribution is -2.13. The van der Waals surface area contributed by atoms with E-state index in [9.17, 15) is 22.8 Å². The molecule has 0 aliphatic heterocycles. The average molecular weight is 402 g/mol. The number of ether oxygens (including phenoxy) is 1.